The first-order valence-corrected chi connectivity index (χ1v) is 4.31. The van der Waals surface area contributed by atoms with Gasteiger partial charge in [-0.1, -0.05) is 0 Å². The molecule has 0 amide bonds. The number of rotatable bonds is 4. The van der Waals surface area contributed by atoms with E-state index in [0.29, 0.717) is 12.2 Å². The fourth-order valence-corrected chi connectivity index (χ4v) is 0.415. The Bertz CT molecular complexity index is 330. The van der Waals surface area contributed by atoms with Gasteiger partial charge in [-0.25, -0.2) is 19.2 Å². The van der Waals surface area contributed by atoms with E-state index < -0.39 is 23.9 Å². The van der Waals surface area contributed by atoms with E-state index in [4.69, 9.17) is 10.2 Å². The highest BCUT2D eigenvalue weighted by Crippen LogP contribution is 1.77. The number of hydrogen-bond donors (Lipinski definition) is 2. The third-order valence-electron chi connectivity index (χ3n) is 1.13. The summed E-state index contributed by atoms with van der Waals surface area (Å²) >= 11 is 0. The highest BCUT2D eigenvalue weighted by molar-refractivity contribution is 5.91. The van der Waals surface area contributed by atoms with Crippen molar-refractivity contribution in [1.82, 2.24) is 0 Å². The molecule has 0 aromatic carbocycles. The Labute approximate surface area is 102 Å². The van der Waals surface area contributed by atoms with E-state index in [1.807, 2.05) is 0 Å². The number of esters is 2. The Morgan fingerprint density at radius 3 is 1.17 bits per heavy atom. The molecular formula is C10H12O8. The number of carbonyl (C=O) groups excluding carboxylic acids is 2. The number of hydrogen-bond acceptors (Lipinski definition) is 6. The van der Waals surface area contributed by atoms with Crippen LogP contribution in [0.4, 0.5) is 0 Å². The minimum Gasteiger partial charge on any atom is -0.478 e. The Morgan fingerprint density at radius 1 is 0.722 bits per heavy atom. The Kier molecular flexibility index (Phi) is 10.7. The Balaban J connectivity index is 0. The predicted molar refractivity (Wildman–Crippen MR) is 57.6 cm³/mol. The molecule has 0 spiro atoms. The molecule has 0 fully saturated rings. The molecule has 0 aromatic heterocycles. The van der Waals surface area contributed by atoms with Crippen LogP contribution in [-0.2, 0) is 28.7 Å². The van der Waals surface area contributed by atoms with Gasteiger partial charge < -0.3 is 19.7 Å². The first kappa shape index (κ1) is 17.7. The van der Waals surface area contributed by atoms with Crippen LogP contribution in [0.1, 0.15) is 0 Å². The summed E-state index contributed by atoms with van der Waals surface area (Å²) in [7, 11) is 2.35. The highest BCUT2D eigenvalue weighted by atomic mass is 16.5. The standard InChI is InChI=1S/2C5H6O4/c2*1-9-5(8)3-2-4(6)7/h2*2-3H,1H3,(H,6,7)/b2*3-2-. The van der Waals surface area contributed by atoms with Gasteiger partial charge in [0.05, 0.1) is 14.2 Å². The zero-order chi connectivity index (χ0) is 14.6. The average molecular weight is 260 g/mol. The lowest BCUT2D eigenvalue weighted by Crippen LogP contribution is -1.96. The first-order valence-electron chi connectivity index (χ1n) is 4.31. The monoisotopic (exact) mass is 260 g/mol. The summed E-state index contributed by atoms with van der Waals surface area (Å²) in [6, 6.07) is 0. The van der Waals surface area contributed by atoms with E-state index in [9.17, 15) is 19.2 Å². The van der Waals surface area contributed by atoms with Crippen molar-refractivity contribution < 1.29 is 38.9 Å². The van der Waals surface area contributed by atoms with E-state index in [2.05, 4.69) is 9.47 Å². The van der Waals surface area contributed by atoms with Crippen molar-refractivity contribution in [2.24, 2.45) is 0 Å². The molecule has 0 radical (unpaired) electrons. The molecule has 2 N–H and O–H groups in total. The van der Waals surface area contributed by atoms with E-state index in [1.165, 1.54) is 14.2 Å². The molecule has 0 aromatic rings. The summed E-state index contributed by atoms with van der Waals surface area (Å²) in [5, 5.41) is 15.9. The minimum atomic E-state index is -1.17. The number of carbonyl (C=O) groups is 4. The molecule has 0 saturated heterocycles. The van der Waals surface area contributed by atoms with Crippen LogP contribution in [0.25, 0.3) is 0 Å². The molecule has 18 heavy (non-hydrogen) atoms. The van der Waals surface area contributed by atoms with Gasteiger partial charge in [-0.2, -0.15) is 0 Å². The molecule has 8 heteroatoms. The topological polar surface area (TPSA) is 127 Å². The van der Waals surface area contributed by atoms with Crippen LogP contribution in [0, 0.1) is 0 Å². The summed E-state index contributed by atoms with van der Waals surface area (Å²) in [5.74, 6) is -3.67. The van der Waals surface area contributed by atoms with Gasteiger partial charge in [0.1, 0.15) is 0 Å². The molecule has 0 aliphatic carbocycles. The Hall–Kier alpha value is -2.64. The maximum Gasteiger partial charge on any atom is 0.330 e. The molecule has 0 unspecified atom stereocenters. The molecule has 0 aliphatic rings. The van der Waals surface area contributed by atoms with Crippen LogP contribution in [0.3, 0.4) is 0 Å². The smallest absolute Gasteiger partial charge is 0.330 e. The molecule has 0 bridgehead atoms. The summed E-state index contributed by atoms with van der Waals surface area (Å²) in [6.07, 6.45) is 3.10. The van der Waals surface area contributed by atoms with Crippen LogP contribution in [0.5, 0.6) is 0 Å². The zero-order valence-electron chi connectivity index (χ0n) is 9.65. The lowest BCUT2D eigenvalue weighted by molar-refractivity contribution is -0.136. The predicted octanol–water partition coefficient (Wildman–Crippen LogP) is -0.400. The van der Waals surface area contributed by atoms with Crippen LogP contribution in [-0.4, -0.2) is 48.3 Å². The highest BCUT2D eigenvalue weighted by Gasteiger charge is 1.92. The maximum atomic E-state index is 10.1. The SMILES string of the molecule is COC(=O)/C=C\C(=O)O.COC(=O)/C=C\C(=O)O. The summed E-state index contributed by atoms with van der Waals surface area (Å²) < 4.78 is 8.22. The van der Waals surface area contributed by atoms with Gasteiger partial charge in [0.2, 0.25) is 0 Å². The average Bonchev–Trinajstić information content (AvgIpc) is 2.33. The Morgan fingerprint density at radius 2 is 1.00 bits per heavy atom. The van der Waals surface area contributed by atoms with Crippen molar-refractivity contribution >= 4 is 23.9 Å². The van der Waals surface area contributed by atoms with Crippen molar-refractivity contribution in [3.63, 3.8) is 0 Å². The quantitative estimate of drug-likeness (QED) is 0.516. The molecule has 100 valence electrons. The minimum absolute atomic E-state index is 0.669. The van der Waals surface area contributed by atoms with E-state index in [-0.39, 0.29) is 0 Å². The second-order valence-electron chi connectivity index (χ2n) is 2.39. The number of ether oxygens (including phenoxy) is 2. The molecule has 8 nitrogen and oxygen atoms in total. The summed E-state index contributed by atoms with van der Waals surface area (Å²) in [5.41, 5.74) is 0. The lowest BCUT2D eigenvalue weighted by atomic mass is 10.5. The molecule has 0 rings (SSSR count). The van der Waals surface area contributed by atoms with Crippen molar-refractivity contribution in [1.29, 1.82) is 0 Å². The summed E-state index contributed by atoms with van der Waals surface area (Å²) in [6.45, 7) is 0. The zero-order valence-corrected chi connectivity index (χ0v) is 9.65. The maximum absolute atomic E-state index is 10.1. The molecule has 0 heterocycles. The van der Waals surface area contributed by atoms with Gasteiger partial charge in [-0.3, -0.25) is 0 Å². The second kappa shape index (κ2) is 10.9. The van der Waals surface area contributed by atoms with Crippen LogP contribution in [0.15, 0.2) is 24.3 Å². The van der Waals surface area contributed by atoms with Crippen molar-refractivity contribution in [3.05, 3.63) is 24.3 Å². The van der Waals surface area contributed by atoms with Crippen molar-refractivity contribution in [3.8, 4) is 0 Å². The summed E-state index contributed by atoms with van der Waals surface area (Å²) in [4.78, 5) is 39.7. The lowest BCUT2D eigenvalue weighted by Gasteiger charge is -1.85. The van der Waals surface area contributed by atoms with E-state index in [1.54, 1.807) is 0 Å². The third-order valence-corrected chi connectivity index (χ3v) is 1.13. The molecular weight excluding hydrogens is 248 g/mol. The van der Waals surface area contributed by atoms with Crippen LogP contribution < -0.4 is 0 Å². The molecule has 0 saturated carbocycles. The first-order chi connectivity index (χ1) is 8.33. The number of methoxy groups -OCH3 is 2. The van der Waals surface area contributed by atoms with Crippen molar-refractivity contribution in [2.45, 2.75) is 0 Å². The van der Waals surface area contributed by atoms with Gasteiger partial charge in [-0.05, 0) is 0 Å². The third kappa shape index (κ3) is 15.8. The number of carboxylic acids is 2. The fraction of sp³-hybridized carbons (Fsp3) is 0.200. The van der Waals surface area contributed by atoms with Crippen LogP contribution in [0.2, 0.25) is 0 Å². The van der Waals surface area contributed by atoms with Gasteiger partial charge in [0.15, 0.2) is 0 Å². The molecule has 0 atom stereocenters. The van der Waals surface area contributed by atoms with Gasteiger partial charge in [-0.15, -0.1) is 0 Å². The normalized spacial score (nSPS) is 9.44. The fourth-order valence-electron chi connectivity index (χ4n) is 0.415. The number of carboxylic acid groups (broad SMARTS) is 2. The van der Waals surface area contributed by atoms with Gasteiger partial charge >= 0.3 is 23.9 Å². The van der Waals surface area contributed by atoms with Crippen LogP contribution >= 0.6 is 0 Å². The van der Waals surface area contributed by atoms with Gasteiger partial charge in [0.25, 0.3) is 0 Å². The van der Waals surface area contributed by atoms with Crippen molar-refractivity contribution in [2.75, 3.05) is 14.2 Å². The molecule has 0 aliphatic heterocycles. The van der Waals surface area contributed by atoms with E-state index >= 15 is 0 Å². The van der Waals surface area contributed by atoms with E-state index in [0.717, 1.165) is 12.2 Å². The van der Waals surface area contributed by atoms with Gasteiger partial charge in [0, 0.05) is 24.3 Å². The largest absolute Gasteiger partial charge is 0.478 e. The second-order valence-corrected chi connectivity index (χ2v) is 2.39. The number of aliphatic carboxylic acids is 2.